The Balaban J connectivity index is 2.35. The van der Waals surface area contributed by atoms with Crippen LogP contribution < -0.4 is 4.18 Å². The molecule has 0 heterocycles. The van der Waals surface area contributed by atoms with E-state index in [0.717, 1.165) is 12.1 Å². The lowest BCUT2D eigenvalue weighted by molar-refractivity contribution is -0.140. The monoisotopic (exact) mass is 396 g/mol. The van der Waals surface area contributed by atoms with E-state index >= 15 is 0 Å². The molecule has 0 N–H and O–H groups in total. The lowest BCUT2D eigenvalue weighted by atomic mass is 10.0. The summed E-state index contributed by atoms with van der Waals surface area (Å²) in [4.78, 5) is 10.8. The summed E-state index contributed by atoms with van der Waals surface area (Å²) in [7, 11) is -5.74. The Labute approximate surface area is 146 Å². The fraction of sp³-hybridized carbons (Fsp3) is 0.267. The smallest absolute Gasteiger partial charge is 0.466 e. The second-order valence-electron chi connectivity index (χ2n) is 4.98. The van der Waals surface area contributed by atoms with Crippen molar-refractivity contribution in [2.75, 3.05) is 6.61 Å². The Hall–Kier alpha value is -2.00. The van der Waals surface area contributed by atoms with Gasteiger partial charge in [0.1, 0.15) is 5.75 Å². The molecule has 0 aromatic heterocycles. The molecule has 0 atom stereocenters. The summed E-state index contributed by atoms with van der Waals surface area (Å²) < 4.78 is 68.2. The second kappa shape index (κ2) is 7.09. The molecule has 2 aromatic rings. The van der Waals surface area contributed by atoms with E-state index in [4.69, 9.17) is 16.3 Å². The van der Waals surface area contributed by atoms with Crippen LogP contribution >= 0.6 is 11.6 Å². The van der Waals surface area contributed by atoms with Gasteiger partial charge in [0.05, 0.1) is 6.61 Å². The van der Waals surface area contributed by atoms with Crippen molar-refractivity contribution in [2.24, 2.45) is 0 Å². The molecular weight excluding hydrogens is 385 g/mol. The SMILES string of the molecule is CC(=O)OCCc1c(Cl)ccc2cc(OS(=O)(=O)C(F)(F)F)ccc12. The third-order valence-electron chi connectivity index (χ3n) is 3.19. The molecule has 25 heavy (non-hydrogen) atoms. The minimum atomic E-state index is -5.74. The molecule has 0 saturated carbocycles. The first-order valence-electron chi connectivity index (χ1n) is 6.86. The van der Waals surface area contributed by atoms with E-state index in [1.54, 1.807) is 0 Å². The van der Waals surface area contributed by atoms with Crippen LogP contribution in [0.2, 0.25) is 5.02 Å². The molecule has 0 amide bonds. The van der Waals surface area contributed by atoms with Crippen LogP contribution in [0.4, 0.5) is 13.2 Å². The molecule has 136 valence electrons. The standard InChI is InChI=1S/C15H12ClF3O5S/c1-9(20)23-7-6-13-12-4-3-11(8-10(12)2-5-14(13)16)24-25(21,22)15(17,18)19/h2-5,8H,6-7H2,1H3. The van der Waals surface area contributed by atoms with Crippen LogP contribution in [0.5, 0.6) is 5.75 Å². The van der Waals surface area contributed by atoms with Crippen molar-refractivity contribution in [2.45, 2.75) is 18.9 Å². The van der Waals surface area contributed by atoms with Crippen LogP contribution in [0.1, 0.15) is 12.5 Å². The van der Waals surface area contributed by atoms with Crippen molar-refractivity contribution in [3.63, 3.8) is 0 Å². The number of benzene rings is 2. The first-order chi connectivity index (χ1) is 11.5. The van der Waals surface area contributed by atoms with Gasteiger partial charge in [0.25, 0.3) is 0 Å². The van der Waals surface area contributed by atoms with E-state index < -0.39 is 27.3 Å². The number of carbonyl (C=O) groups is 1. The van der Waals surface area contributed by atoms with Crippen molar-refractivity contribution in [1.29, 1.82) is 0 Å². The minimum absolute atomic E-state index is 0.0782. The highest BCUT2D eigenvalue weighted by Crippen LogP contribution is 2.32. The molecular formula is C15H12ClF3O5S. The van der Waals surface area contributed by atoms with Gasteiger partial charge < -0.3 is 8.92 Å². The predicted octanol–water partition coefficient (Wildman–Crippen LogP) is 3.83. The van der Waals surface area contributed by atoms with E-state index in [2.05, 4.69) is 4.18 Å². The summed E-state index contributed by atoms with van der Waals surface area (Å²) in [6.07, 6.45) is 0.288. The van der Waals surface area contributed by atoms with Crippen molar-refractivity contribution < 1.29 is 35.3 Å². The van der Waals surface area contributed by atoms with E-state index in [0.29, 0.717) is 21.4 Å². The summed E-state index contributed by atoms with van der Waals surface area (Å²) in [6, 6.07) is 6.67. The molecule has 10 heteroatoms. The first-order valence-corrected chi connectivity index (χ1v) is 8.65. The van der Waals surface area contributed by atoms with E-state index in [1.165, 1.54) is 25.1 Å². The fourth-order valence-corrected chi connectivity index (χ4v) is 2.83. The summed E-state index contributed by atoms with van der Waals surface area (Å²) in [5.41, 5.74) is -4.90. The molecule has 2 aromatic carbocycles. The Bertz CT molecular complexity index is 909. The van der Waals surface area contributed by atoms with Gasteiger partial charge in [-0.2, -0.15) is 21.6 Å². The van der Waals surface area contributed by atoms with Gasteiger partial charge in [0.2, 0.25) is 0 Å². The fourth-order valence-electron chi connectivity index (χ4n) is 2.12. The number of ether oxygens (including phenoxy) is 1. The van der Waals surface area contributed by atoms with Crippen molar-refractivity contribution in [3.8, 4) is 5.75 Å². The summed E-state index contributed by atoms with van der Waals surface area (Å²) in [5.74, 6) is -0.928. The summed E-state index contributed by atoms with van der Waals surface area (Å²) in [5, 5.41) is 1.39. The number of hydrogen-bond donors (Lipinski definition) is 0. The molecule has 0 aliphatic rings. The van der Waals surface area contributed by atoms with Crippen molar-refractivity contribution in [1.82, 2.24) is 0 Å². The number of carbonyl (C=O) groups excluding carboxylic acids is 1. The zero-order valence-corrected chi connectivity index (χ0v) is 14.3. The molecule has 0 spiro atoms. The van der Waals surface area contributed by atoms with Crippen LogP contribution in [0.25, 0.3) is 10.8 Å². The van der Waals surface area contributed by atoms with Crippen molar-refractivity contribution in [3.05, 3.63) is 40.9 Å². The highest BCUT2D eigenvalue weighted by atomic mass is 35.5. The van der Waals surface area contributed by atoms with E-state index in [9.17, 15) is 26.4 Å². The van der Waals surface area contributed by atoms with Crippen LogP contribution in [0.3, 0.4) is 0 Å². The van der Waals surface area contributed by atoms with Gasteiger partial charge in [-0.05, 0) is 34.5 Å². The molecule has 0 radical (unpaired) electrons. The quantitative estimate of drug-likeness (QED) is 0.436. The molecule has 0 fully saturated rings. The van der Waals surface area contributed by atoms with Gasteiger partial charge in [0, 0.05) is 18.4 Å². The highest BCUT2D eigenvalue weighted by Gasteiger charge is 2.48. The average molecular weight is 397 g/mol. The van der Waals surface area contributed by atoms with Gasteiger partial charge in [-0.25, -0.2) is 0 Å². The number of halogens is 4. The maximum Gasteiger partial charge on any atom is 0.534 e. The largest absolute Gasteiger partial charge is 0.534 e. The van der Waals surface area contributed by atoms with Crippen LogP contribution in [0, 0.1) is 0 Å². The second-order valence-corrected chi connectivity index (χ2v) is 6.93. The number of rotatable bonds is 5. The Morgan fingerprint density at radius 1 is 1.20 bits per heavy atom. The topological polar surface area (TPSA) is 69.7 Å². The van der Waals surface area contributed by atoms with Crippen LogP contribution in [0.15, 0.2) is 30.3 Å². The molecule has 0 unspecified atom stereocenters. The lowest BCUT2D eigenvalue weighted by Crippen LogP contribution is -2.28. The third-order valence-corrected chi connectivity index (χ3v) is 4.53. The van der Waals surface area contributed by atoms with E-state index in [1.807, 2.05) is 0 Å². The summed E-state index contributed by atoms with van der Waals surface area (Å²) in [6.45, 7) is 1.34. The molecule has 5 nitrogen and oxygen atoms in total. The lowest BCUT2D eigenvalue weighted by Gasteiger charge is -2.12. The zero-order valence-electron chi connectivity index (χ0n) is 12.8. The molecule has 0 bridgehead atoms. The summed E-state index contributed by atoms with van der Waals surface area (Å²) >= 11 is 6.11. The first kappa shape index (κ1) is 19.3. The minimum Gasteiger partial charge on any atom is -0.466 e. The van der Waals surface area contributed by atoms with Crippen LogP contribution in [-0.4, -0.2) is 26.5 Å². The van der Waals surface area contributed by atoms with Gasteiger partial charge in [-0.15, -0.1) is 0 Å². The van der Waals surface area contributed by atoms with Crippen molar-refractivity contribution >= 4 is 38.5 Å². The third kappa shape index (κ3) is 4.55. The molecule has 0 saturated heterocycles. The normalized spacial score (nSPS) is 12.2. The van der Waals surface area contributed by atoms with Crippen LogP contribution in [-0.2, 0) is 26.1 Å². The number of hydrogen-bond acceptors (Lipinski definition) is 5. The molecule has 0 aliphatic heterocycles. The Kier molecular flexibility index (Phi) is 5.48. The number of esters is 1. The predicted molar refractivity (Wildman–Crippen MR) is 84.9 cm³/mol. The highest BCUT2D eigenvalue weighted by molar-refractivity contribution is 7.88. The van der Waals surface area contributed by atoms with Gasteiger partial charge >= 0.3 is 21.6 Å². The number of alkyl halides is 3. The molecule has 2 rings (SSSR count). The van der Waals surface area contributed by atoms with Gasteiger partial charge in [-0.3, -0.25) is 4.79 Å². The average Bonchev–Trinajstić information content (AvgIpc) is 2.47. The van der Waals surface area contributed by atoms with Gasteiger partial charge in [-0.1, -0.05) is 23.7 Å². The Morgan fingerprint density at radius 3 is 2.48 bits per heavy atom. The zero-order chi connectivity index (χ0) is 18.8. The Morgan fingerprint density at radius 2 is 1.88 bits per heavy atom. The maximum atomic E-state index is 12.4. The molecule has 0 aliphatic carbocycles. The van der Waals surface area contributed by atoms with Gasteiger partial charge in [0.15, 0.2) is 0 Å². The maximum absolute atomic E-state index is 12.4. The van der Waals surface area contributed by atoms with E-state index in [-0.39, 0.29) is 13.0 Å². The number of fused-ring (bicyclic) bond motifs is 1.